The first-order valence-electron chi connectivity index (χ1n) is 23.6. The molecular weight excluding hydrogens is 808 g/mol. The average molecular weight is 873 g/mol. The fourth-order valence-electron chi connectivity index (χ4n) is 10.6. The average Bonchev–Trinajstić information content (AvgIpc) is 3.82. The maximum Gasteiger partial charge on any atom is 0.254 e. The van der Waals surface area contributed by atoms with E-state index in [9.17, 15) is 0 Å². The van der Waals surface area contributed by atoms with Crippen LogP contribution in [0.2, 0.25) is 0 Å². The minimum absolute atomic E-state index is 0.00493. The number of furan rings is 1. The van der Waals surface area contributed by atoms with Crippen molar-refractivity contribution in [1.82, 2.24) is 0 Å². The molecule has 0 unspecified atom stereocenters. The van der Waals surface area contributed by atoms with Gasteiger partial charge in [0.25, 0.3) is 6.71 Å². The highest BCUT2D eigenvalue weighted by molar-refractivity contribution is 7.26. The summed E-state index contributed by atoms with van der Waals surface area (Å²) in [4.78, 5) is 5.33. The quantitative estimate of drug-likeness (QED) is 0.165. The number of nitrogens with zero attached hydrogens (tertiary/aromatic N) is 2. The molecule has 330 valence electrons. The van der Waals surface area contributed by atoms with Gasteiger partial charge in [0.15, 0.2) is 0 Å². The summed E-state index contributed by atoms with van der Waals surface area (Å²) in [6.07, 6.45) is 0. The minimum Gasteiger partial charge on any atom is -0.456 e. The number of hydrogen-bond donors (Lipinski definition) is 0. The number of hydrogen-bond acceptors (Lipinski definition) is 4. The highest BCUT2D eigenvalue weighted by atomic mass is 32.1. The monoisotopic (exact) mass is 872 g/mol. The molecule has 2 aliphatic rings. The van der Waals surface area contributed by atoms with Crippen molar-refractivity contribution < 1.29 is 4.42 Å². The number of thiophene rings is 1. The molecule has 0 radical (unpaired) electrons. The summed E-state index contributed by atoms with van der Waals surface area (Å²) >= 11 is 1.96. The molecular formula is C60H65BN2OS. The lowest BCUT2D eigenvalue weighted by molar-refractivity contribution is 0.589. The third-order valence-corrected chi connectivity index (χ3v) is 15.5. The summed E-state index contributed by atoms with van der Waals surface area (Å²) in [7, 11) is 0. The fraction of sp³-hybridized carbons (Fsp3) is 0.333. The molecule has 0 aliphatic carbocycles. The van der Waals surface area contributed by atoms with E-state index < -0.39 is 0 Å². The second-order valence-electron chi connectivity index (χ2n) is 23.4. The van der Waals surface area contributed by atoms with E-state index in [1.165, 1.54) is 104 Å². The van der Waals surface area contributed by atoms with Crippen molar-refractivity contribution >= 4 is 88.9 Å². The molecule has 0 fully saturated rings. The number of anilines is 6. The summed E-state index contributed by atoms with van der Waals surface area (Å²) in [6.45, 7) is 37.4. The van der Waals surface area contributed by atoms with Crippen LogP contribution >= 0.6 is 11.3 Å². The van der Waals surface area contributed by atoms with E-state index in [1.54, 1.807) is 0 Å². The Morgan fingerprint density at radius 2 is 1.00 bits per heavy atom. The van der Waals surface area contributed by atoms with Gasteiger partial charge in [-0.25, -0.2) is 0 Å². The van der Waals surface area contributed by atoms with Gasteiger partial charge in [-0.3, -0.25) is 0 Å². The van der Waals surface area contributed by atoms with Crippen molar-refractivity contribution in [1.29, 1.82) is 0 Å². The van der Waals surface area contributed by atoms with E-state index in [-0.39, 0.29) is 28.4 Å². The Morgan fingerprint density at radius 1 is 0.477 bits per heavy atom. The number of fused-ring (bicyclic) bond motifs is 7. The highest BCUT2D eigenvalue weighted by Crippen LogP contribution is 2.52. The van der Waals surface area contributed by atoms with Gasteiger partial charge in [-0.1, -0.05) is 150 Å². The van der Waals surface area contributed by atoms with E-state index >= 15 is 0 Å². The standard InChI is InChI=1S/C60H65BN2OS/c1-34-25-41(58(8,9)10)26-35(2)54(34)62-46-29-39(50-30-38-19-17-18-20-49(38)64-50)21-23-45(46)61-52-44-31-40(57(5,6)7)22-24-51(44)65-56(52)63(48-33-43(60(14,15)16)32-47(62)53(48)61)55-36(3)27-42(28-37(55)4)59(11,12)13/h17-33H,1-16H3. The first kappa shape index (κ1) is 43.4. The summed E-state index contributed by atoms with van der Waals surface area (Å²) in [5.74, 6) is 0.886. The van der Waals surface area contributed by atoms with E-state index in [0.717, 1.165) is 22.3 Å². The molecule has 5 heteroatoms. The number of para-hydroxylation sites is 1. The van der Waals surface area contributed by atoms with Crippen molar-refractivity contribution in [2.24, 2.45) is 0 Å². The Kier molecular flexibility index (Phi) is 9.67. The first-order chi connectivity index (χ1) is 30.4. The van der Waals surface area contributed by atoms with Crippen molar-refractivity contribution in [2.75, 3.05) is 9.80 Å². The highest BCUT2D eigenvalue weighted by Gasteiger charge is 2.47. The molecule has 3 nitrogen and oxygen atoms in total. The largest absolute Gasteiger partial charge is 0.456 e. The van der Waals surface area contributed by atoms with Crippen LogP contribution < -0.4 is 26.2 Å². The molecule has 0 bridgehead atoms. The van der Waals surface area contributed by atoms with Gasteiger partial charge >= 0.3 is 0 Å². The van der Waals surface area contributed by atoms with Gasteiger partial charge in [-0.15, -0.1) is 11.3 Å². The lowest BCUT2D eigenvalue weighted by Crippen LogP contribution is -2.61. The first-order valence-corrected chi connectivity index (χ1v) is 24.4. The van der Waals surface area contributed by atoms with Crippen molar-refractivity contribution in [3.05, 3.63) is 148 Å². The van der Waals surface area contributed by atoms with Gasteiger partial charge in [0.2, 0.25) is 0 Å². The molecule has 0 N–H and O–H groups in total. The molecule has 4 heterocycles. The lowest BCUT2D eigenvalue weighted by atomic mass is 9.33. The molecule has 0 saturated carbocycles. The van der Waals surface area contributed by atoms with Gasteiger partial charge in [0.1, 0.15) is 11.3 Å². The minimum atomic E-state index is -0.128. The smallest absolute Gasteiger partial charge is 0.254 e. The summed E-state index contributed by atoms with van der Waals surface area (Å²) < 4.78 is 7.97. The van der Waals surface area contributed by atoms with Crippen LogP contribution in [0.25, 0.3) is 32.4 Å². The zero-order chi connectivity index (χ0) is 46.4. The van der Waals surface area contributed by atoms with Crippen LogP contribution in [-0.2, 0) is 21.7 Å². The van der Waals surface area contributed by atoms with Crippen LogP contribution in [0.4, 0.5) is 33.4 Å². The molecule has 8 aromatic rings. The van der Waals surface area contributed by atoms with Crippen LogP contribution in [0.1, 0.15) is 128 Å². The summed E-state index contributed by atoms with van der Waals surface area (Å²) in [5, 5.41) is 3.79. The summed E-state index contributed by atoms with van der Waals surface area (Å²) in [6, 6.07) is 39.9. The van der Waals surface area contributed by atoms with Crippen LogP contribution in [0.3, 0.4) is 0 Å². The zero-order valence-electron chi connectivity index (χ0n) is 41.6. The van der Waals surface area contributed by atoms with Gasteiger partial charge in [-0.05, 0) is 152 Å². The number of rotatable bonds is 3. The van der Waals surface area contributed by atoms with Crippen LogP contribution in [0, 0.1) is 27.7 Å². The molecule has 0 saturated heterocycles. The van der Waals surface area contributed by atoms with Crippen molar-refractivity contribution in [2.45, 2.75) is 132 Å². The second-order valence-corrected chi connectivity index (χ2v) is 24.4. The SMILES string of the molecule is Cc1cc(C(C)(C)C)cc(C)c1N1c2cc(-c3cc4ccccc4o3)ccc2B2c3c1cc(C(C)(C)C)cc3N(c1c(C)cc(C(C)(C)C)cc1C)c1sc3ccc(C(C)(C)C)cc3c12. The Balaban J connectivity index is 1.37. The topological polar surface area (TPSA) is 19.6 Å². The predicted molar refractivity (Wildman–Crippen MR) is 285 cm³/mol. The number of aryl methyl sites for hydroxylation is 4. The normalized spacial score (nSPS) is 14.1. The van der Waals surface area contributed by atoms with E-state index in [2.05, 4.69) is 224 Å². The molecule has 0 spiro atoms. The third-order valence-electron chi connectivity index (χ3n) is 14.3. The third kappa shape index (κ3) is 6.98. The molecule has 65 heavy (non-hydrogen) atoms. The lowest BCUT2D eigenvalue weighted by Gasteiger charge is -2.45. The molecule has 0 atom stereocenters. The molecule has 10 rings (SSSR count). The van der Waals surface area contributed by atoms with Crippen molar-refractivity contribution in [3.8, 4) is 11.3 Å². The van der Waals surface area contributed by atoms with Crippen LogP contribution in [0.5, 0.6) is 0 Å². The Hall–Kier alpha value is -5.52. The zero-order valence-corrected chi connectivity index (χ0v) is 42.4. The second kappa shape index (κ2) is 14.5. The van der Waals surface area contributed by atoms with Gasteiger partial charge < -0.3 is 14.2 Å². The van der Waals surface area contributed by atoms with E-state index in [1.807, 2.05) is 11.3 Å². The fourth-order valence-corrected chi connectivity index (χ4v) is 11.9. The van der Waals surface area contributed by atoms with Crippen LogP contribution in [-0.4, -0.2) is 6.71 Å². The molecule has 0 amide bonds. The predicted octanol–water partition coefficient (Wildman–Crippen LogP) is 15.8. The molecule has 2 aliphatic heterocycles. The summed E-state index contributed by atoms with van der Waals surface area (Å²) in [5.41, 5.74) is 22.8. The molecule has 2 aromatic heterocycles. The van der Waals surface area contributed by atoms with E-state index in [0.29, 0.717) is 0 Å². The van der Waals surface area contributed by atoms with Crippen LogP contribution in [0.15, 0.2) is 108 Å². The van der Waals surface area contributed by atoms with Gasteiger partial charge in [-0.2, -0.15) is 0 Å². The van der Waals surface area contributed by atoms with Gasteiger partial charge in [0, 0.05) is 32.7 Å². The Bertz CT molecular complexity index is 3180. The Morgan fingerprint density at radius 3 is 1.55 bits per heavy atom. The van der Waals surface area contributed by atoms with E-state index in [4.69, 9.17) is 4.42 Å². The van der Waals surface area contributed by atoms with Crippen molar-refractivity contribution in [3.63, 3.8) is 0 Å². The van der Waals surface area contributed by atoms with Gasteiger partial charge in [0.05, 0.1) is 16.4 Å². The maximum atomic E-state index is 6.64. The molecule has 6 aromatic carbocycles. The number of benzene rings is 6. The maximum absolute atomic E-state index is 6.64. The Labute approximate surface area is 392 Å².